The number of hydrogen-bond acceptors (Lipinski definition) is 5. The van der Waals surface area contributed by atoms with Crippen molar-refractivity contribution in [3.63, 3.8) is 0 Å². The van der Waals surface area contributed by atoms with E-state index in [2.05, 4.69) is 10.6 Å². The van der Waals surface area contributed by atoms with Crippen LogP contribution in [0.25, 0.3) is 0 Å². The first-order chi connectivity index (χ1) is 15.4. The first-order valence-electron chi connectivity index (χ1n) is 10.3. The van der Waals surface area contributed by atoms with Crippen LogP contribution in [0.3, 0.4) is 0 Å². The zero-order valence-electron chi connectivity index (χ0n) is 17.5. The van der Waals surface area contributed by atoms with Crippen LogP contribution in [0.1, 0.15) is 28.4 Å². The smallest absolute Gasteiger partial charge is 0.253 e. The van der Waals surface area contributed by atoms with Crippen molar-refractivity contribution in [3.8, 4) is 0 Å². The number of carbonyl (C=O) groups is 2. The van der Waals surface area contributed by atoms with E-state index in [0.29, 0.717) is 36.9 Å². The number of amides is 2. The van der Waals surface area contributed by atoms with Gasteiger partial charge < -0.3 is 15.4 Å². The molecule has 3 rings (SSSR count). The molecule has 0 spiro atoms. The van der Waals surface area contributed by atoms with Crippen molar-refractivity contribution in [1.82, 2.24) is 14.9 Å². The summed E-state index contributed by atoms with van der Waals surface area (Å²) in [5, 5.41) is 5.82. The Labute approximate surface area is 192 Å². The molecule has 1 atom stereocenters. The lowest BCUT2D eigenvalue weighted by atomic mass is 10.0. The molecule has 2 aromatic rings. The van der Waals surface area contributed by atoms with Crippen molar-refractivity contribution in [3.05, 3.63) is 70.7 Å². The molecule has 1 fully saturated rings. The predicted molar refractivity (Wildman–Crippen MR) is 122 cm³/mol. The second kappa shape index (κ2) is 11.4. The van der Waals surface area contributed by atoms with Crippen molar-refractivity contribution in [2.24, 2.45) is 0 Å². The SMILES string of the molecule is O=C(CC(NC(=O)c1ccccc1Cl)c1ccccc1)NCCS(=O)(=O)N1CCOCC1. The van der Waals surface area contributed by atoms with Gasteiger partial charge >= 0.3 is 0 Å². The lowest BCUT2D eigenvalue weighted by Gasteiger charge is -2.26. The minimum Gasteiger partial charge on any atom is -0.379 e. The van der Waals surface area contributed by atoms with E-state index in [4.69, 9.17) is 16.3 Å². The van der Waals surface area contributed by atoms with Crippen molar-refractivity contribution < 1.29 is 22.7 Å². The maximum Gasteiger partial charge on any atom is 0.253 e. The summed E-state index contributed by atoms with van der Waals surface area (Å²) >= 11 is 6.12. The number of morpholine rings is 1. The van der Waals surface area contributed by atoms with Crippen LogP contribution in [-0.2, 0) is 19.6 Å². The first-order valence-corrected chi connectivity index (χ1v) is 12.3. The van der Waals surface area contributed by atoms with Crippen molar-refractivity contribution in [1.29, 1.82) is 0 Å². The molecule has 2 amide bonds. The number of rotatable bonds is 9. The predicted octanol–water partition coefficient (Wildman–Crippen LogP) is 1.98. The highest BCUT2D eigenvalue weighted by molar-refractivity contribution is 7.89. The zero-order valence-corrected chi connectivity index (χ0v) is 19.1. The number of ether oxygens (including phenoxy) is 1. The van der Waals surface area contributed by atoms with Gasteiger partial charge in [0.1, 0.15) is 0 Å². The summed E-state index contributed by atoms with van der Waals surface area (Å²) in [6.07, 6.45) is -0.0438. The Balaban J connectivity index is 1.60. The van der Waals surface area contributed by atoms with Crippen LogP contribution in [0, 0.1) is 0 Å². The van der Waals surface area contributed by atoms with Crippen LogP contribution >= 0.6 is 11.6 Å². The average Bonchev–Trinajstić information content (AvgIpc) is 2.80. The third kappa shape index (κ3) is 6.77. The lowest BCUT2D eigenvalue weighted by molar-refractivity contribution is -0.121. The van der Waals surface area contributed by atoms with Crippen LogP contribution in [0.15, 0.2) is 54.6 Å². The van der Waals surface area contributed by atoms with Crippen molar-refractivity contribution in [2.75, 3.05) is 38.6 Å². The fraction of sp³-hybridized carbons (Fsp3) is 0.364. The number of nitrogens with zero attached hydrogens (tertiary/aromatic N) is 1. The molecule has 0 aromatic heterocycles. The number of nitrogens with one attached hydrogen (secondary N) is 2. The van der Waals surface area contributed by atoms with Crippen molar-refractivity contribution in [2.45, 2.75) is 12.5 Å². The normalized spacial score (nSPS) is 15.7. The molecule has 1 unspecified atom stereocenters. The molecule has 1 saturated heterocycles. The monoisotopic (exact) mass is 479 g/mol. The van der Waals surface area contributed by atoms with Gasteiger partial charge in [-0.05, 0) is 17.7 Å². The number of benzene rings is 2. The van der Waals surface area contributed by atoms with E-state index in [-0.39, 0.29) is 24.6 Å². The number of sulfonamides is 1. The minimum atomic E-state index is -3.47. The highest BCUT2D eigenvalue weighted by Gasteiger charge is 2.25. The van der Waals surface area contributed by atoms with Gasteiger partial charge in [-0.25, -0.2) is 8.42 Å². The zero-order chi connectivity index (χ0) is 23.0. The Morgan fingerprint density at radius 3 is 2.38 bits per heavy atom. The quantitative estimate of drug-likeness (QED) is 0.572. The Bertz CT molecular complexity index is 1030. The molecule has 2 N–H and O–H groups in total. The minimum absolute atomic E-state index is 0.0154. The Kier molecular flexibility index (Phi) is 8.63. The molecule has 32 heavy (non-hydrogen) atoms. The van der Waals surface area contributed by atoms with Crippen LogP contribution < -0.4 is 10.6 Å². The summed E-state index contributed by atoms with van der Waals surface area (Å²) in [7, 11) is -3.47. The van der Waals surface area contributed by atoms with E-state index < -0.39 is 22.0 Å². The Hall–Kier alpha value is -2.46. The fourth-order valence-electron chi connectivity index (χ4n) is 3.35. The Morgan fingerprint density at radius 2 is 1.69 bits per heavy atom. The summed E-state index contributed by atoms with van der Waals surface area (Å²) in [5.41, 5.74) is 1.07. The van der Waals surface area contributed by atoms with Crippen molar-refractivity contribution >= 4 is 33.4 Å². The van der Waals surface area contributed by atoms with Gasteiger partial charge in [-0.15, -0.1) is 0 Å². The number of carbonyl (C=O) groups excluding carboxylic acids is 2. The van der Waals surface area contributed by atoms with E-state index in [0.717, 1.165) is 5.56 Å². The summed E-state index contributed by atoms with van der Waals surface area (Å²) in [6, 6.07) is 15.2. The lowest BCUT2D eigenvalue weighted by Crippen LogP contribution is -2.44. The molecular weight excluding hydrogens is 454 g/mol. The first kappa shape index (κ1) is 24.2. The molecule has 0 radical (unpaired) electrons. The van der Waals surface area contributed by atoms with Gasteiger partial charge in [0, 0.05) is 19.6 Å². The molecule has 2 aromatic carbocycles. The van der Waals surface area contributed by atoms with Gasteiger partial charge in [-0.2, -0.15) is 4.31 Å². The third-order valence-corrected chi connectivity index (χ3v) is 7.26. The summed E-state index contributed by atoms with van der Waals surface area (Å²) in [6.45, 7) is 1.37. The standard InChI is InChI=1S/C22H26ClN3O5S/c23-19-9-5-4-8-18(19)22(28)25-20(17-6-2-1-3-7-17)16-21(27)24-10-15-32(29,30)26-11-13-31-14-12-26/h1-9,20H,10-16H2,(H,24,27)(H,25,28). The largest absolute Gasteiger partial charge is 0.379 e. The molecule has 10 heteroatoms. The fourth-order valence-corrected chi connectivity index (χ4v) is 4.89. The van der Waals surface area contributed by atoms with E-state index in [1.54, 1.807) is 24.3 Å². The van der Waals surface area contributed by atoms with Gasteiger partial charge in [0.15, 0.2) is 0 Å². The van der Waals surface area contributed by atoms with Crippen LogP contribution in [-0.4, -0.2) is 63.1 Å². The molecular formula is C22H26ClN3O5S. The molecule has 8 nitrogen and oxygen atoms in total. The van der Waals surface area contributed by atoms with E-state index in [1.807, 2.05) is 30.3 Å². The number of halogens is 1. The molecule has 0 aliphatic carbocycles. The molecule has 1 aliphatic heterocycles. The molecule has 172 valence electrons. The van der Waals surface area contributed by atoms with Gasteiger partial charge in [-0.3, -0.25) is 9.59 Å². The maximum atomic E-state index is 12.7. The van der Waals surface area contributed by atoms with Gasteiger partial charge in [0.2, 0.25) is 15.9 Å². The summed E-state index contributed by atoms with van der Waals surface area (Å²) < 4.78 is 31.3. The topological polar surface area (TPSA) is 105 Å². The van der Waals surface area contributed by atoms with E-state index >= 15 is 0 Å². The molecule has 0 bridgehead atoms. The second-order valence-electron chi connectivity index (χ2n) is 7.30. The average molecular weight is 480 g/mol. The van der Waals surface area contributed by atoms with E-state index in [1.165, 1.54) is 4.31 Å². The van der Waals surface area contributed by atoms with Gasteiger partial charge in [0.05, 0.1) is 42.0 Å². The van der Waals surface area contributed by atoms with Crippen LogP contribution in [0.2, 0.25) is 5.02 Å². The third-order valence-electron chi connectivity index (χ3n) is 5.06. The second-order valence-corrected chi connectivity index (χ2v) is 9.79. The van der Waals surface area contributed by atoms with Gasteiger partial charge in [-0.1, -0.05) is 54.1 Å². The van der Waals surface area contributed by atoms with Gasteiger partial charge in [0.25, 0.3) is 5.91 Å². The summed E-state index contributed by atoms with van der Waals surface area (Å²) in [5.74, 6) is -0.955. The molecule has 1 heterocycles. The Morgan fingerprint density at radius 1 is 1.03 bits per heavy atom. The van der Waals surface area contributed by atoms with Crippen LogP contribution in [0.5, 0.6) is 0 Å². The van der Waals surface area contributed by atoms with E-state index in [9.17, 15) is 18.0 Å². The highest BCUT2D eigenvalue weighted by Crippen LogP contribution is 2.20. The summed E-state index contributed by atoms with van der Waals surface area (Å²) in [4.78, 5) is 25.3. The maximum absolute atomic E-state index is 12.7. The molecule has 1 aliphatic rings. The van der Waals surface area contributed by atoms with Crippen LogP contribution in [0.4, 0.5) is 0 Å². The molecule has 0 saturated carbocycles. The number of hydrogen-bond donors (Lipinski definition) is 2. The highest BCUT2D eigenvalue weighted by atomic mass is 35.5.